The van der Waals surface area contributed by atoms with Crippen molar-refractivity contribution in [1.82, 2.24) is 4.98 Å². The predicted molar refractivity (Wildman–Crippen MR) is 97.4 cm³/mol. The average molecular weight is 325 g/mol. The molecule has 1 aliphatic rings. The van der Waals surface area contributed by atoms with Crippen molar-refractivity contribution in [2.24, 2.45) is 5.73 Å². The van der Waals surface area contributed by atoms with Crippen LogP contribution in [-0.4, -0.2) is 43.6 Å². The predicted octanol–water partition coefficient (Wildman–Crippen LogP) is 1.70. The second kappa shape index (κ2) is 7.79. The number of nitrogens with one attached hydrogen (secondary N) is 1. The molecule has 1 aromatic heterocycles. The summed E-state index contributed by atoms with van der Waals surface area (Å²) in [5.41, 5.74) is 7.35. The third kappa shape index (κ3) is 4.02. The third-order valence-electron chi connectivity index (χ3n) is 4.13. The van der Waals surface area contributed by atoms with Crippen molar-refractivity contribution in [1.29, 1.82) is 0 Å². The van der Waals surface area contributed by atoms with E-state index in [4.69, 9.17) is 5.73 Å². The molecule has 1 amide bonds. The number of rotatable bonds is 5. The van der Waals surface area contributed by atoms with Crippen LogP contribution in [-0.2, 0) is 4.79 Å². The van der Waals surface area contributed by atoms with E-state index in [-0.39, 0.29) is 5.91 Å². The summed E-state index contributed by atoms with van der Waals surface area (Å²) < 4.78 is 0. The van der Waals surface area contributed by atoms with Crippen molar-refractivity contribution in [3.63, 3.8) is 0 Å². The summed E-state index contributed by atoms with van der Waals surface area (Å²) >= 11 is 0. The Kier molecular flexibility index (Phi) is 5.28. The van der Waals surface area contributed by atoms with Crippen LogP contribution >= 0.6 is 0 Å². The Bertz CT molecular complexity index is 651. The summed E-state index contributed by atoms with van der Waals surface area (Å²) in [5, 5.41) is 2.79. The molecule has 0 atom stereocenters. The summed E-state index contributed by atoms with van der Waals surface area (Å²) in [7, 11) is 0. The van der Waals surface area contributed by atoms with E-state index in [9.17, 15) is 4.79 Å². The summed E-state index contributed by atoms with van der Waals surface area (Å²) in [4.78, 5) is 20.7. The number of para-hydroxylation sites is 1. The first-order chi connectivity index (χ1) is 11.8. The number of pyridine rings is 1. The van der Waals surface area contributed by atoms with Gasteiger partial charge in [-0.1, -0.05) is 18.2 Å². The van der Waals surface area contributed by atoms with Crippen molar-refractivity contribution in [2.45, 2.75) is 6.42 Å². The summed E-state index contributed by atoms with van der Waals surface area (Å²) in [6, 6.07) is 14.3. The van der Waals surface area contributed by atoms with Crippen LogP contribution in [0.1, 0.15) is 6.42 Å². The van der Waals surface area contributed by atoms with Gasteiger partial charge in [-0.05, 0) is 24.3 Å². The average Bonchev–Trinajstić information content (AvgIpc) is 2.63. The minimum Gasteiger partial charge on any atom is -0.368 e. The van der Waals surface area contributed by atoms with Crippen LogP contribution in [0, 0.1) is 0 Å². The Labute approximate surface area is 142 Å². The van der Waals surface area contributed by atoms with Crippen LogP contribution < -0.4 is 20.9 Å². The molecule has 24 heavy (non-hydrogen) atoms. The van der Waals surface area contributed by atoms with Crippen molar-refractivity contribution in [2.75, 3.05) is 47.8 Å². The maximum Gasteiger partial charge on any atom is 0.225 e. The maximum atomic E-state index is 11.5. The van der Waals surface area contributed by atoms with Crippen molar-refractivity contribution in [3.05, 3.63) is 48.7 Å². The van der Waals surface area contributed by atoms with Crippen LogP contribution in [0.5, 0.6) is 0 Å². The lowest BCUT2D eigenvalue weighted by Gasteiger charge is -2.36. The smallest absolute Gasteiger partial charge is 0.225 e. The van der Waals surface area contributed by atoms with Crippen molar-refractivity contribution < 1.29 is 4.79 Å². The Hall–Kier alpha value is -2.60. The first kappa shape index (κ1) is 16.3. The zero-order chi connectivity index (χ0) is 16.8. The summed E-state index contributed by atoms with van der Waals surface area (Å²) in [6.07, 6.45) is 2.02. The van der Waals surface area contributed by atoms with Gasteiger partial charge in [0.05, 0.1) is 11.9 Å². The molecule has 1 saturated heterocycles. The van der Waals surface area contributed by atoms with Crippen LogP contribution in [0.15, 0.2) is 48.7 Å². The monoisotopic (exact) mass is 325 g/mol. The molecule has 0 radical (unpaired) electrons. The minimum atomic E-state index is -0.0801. The fraction of sp³-hybridized carbons (Fsp3) is 0.333. The summed E-state index contributed by atoms with van der Waals surface area (Å²) in [5.74, 6) is 0.864. The number of carbonyl (C=O) groups excluding carboxylic acids is 1. The van der Waals surface area contributed by atoms with Crippen molar-refractivity contribution >= 4 is 23.1 Å². The van der Waals surface area contributed by atoms with Crippen LogP contribution in [0.2, 0.25) is 0 Å². The zero-order valence-corrected chi connectivity index (χ0v) is 13.7. The van der Waals surface area contributed by atoms with Crippen molar-refractivity contribution in [3.8, 4) is 0 Å². The topological polar surface area (TPSA) is 74.5 Å². The van der Waals surface area contributed by atoms with Gasteiger partial charge in [0.1, 0.15) is 5.82 Å². The van der Waals surface area contributed by atoms with E-state index in [0.29, 0.717) is 18.7 Å². The van der Waals surface area contributed by atoms with E-state index in [1.165, 1.54) is 5.69 Å². The molecular formula is C18H23N5O. The normalized spacial score (nSPS) is 14.5. The van der Waals surface area contributed by atoms with E-state index in [0.717, 1.165) is 32.0 Å². The largest absolute Gasteiger partial charge is 0.368 e. The van der Waals surface area contributed by atoms with E-state index in [2.05, 4.69) is 44.4 Å². The molecule has 2 heterocycles. The molecule has 0 aliphatic carbocycles. The molecular weight excluding hydrogens is 302 g/mol. The van der Waals surface area contributed by atoms with Crippen LogP contribution in [0.4, 0.5) is 17.2 Å². The third-order valence-corrected chi connectivity index (χ3v) is 4.13. The van der Waals surface area contributed by atoms with Gasteiger partial charge in [0, 0.05) is 44.8 Å². The molecule has 0 spiro atoms. The molecule has 126 valence electrons. The number of aromatic nitrogens is 1. The molecule has 1 aliphatic heterocycles. The molecule has 3 rings (SSSR count). The number of benzene rings is 1. The van der Waals surface area contributed by atoms with E-state index in [1.807, 2.05) is 18.2 Å². The highest BCUT2D eigenvalue weighted by Gasteiger charge is 2.18. The molecule has 1 fully saturated rings. The highest BCUT2D eigenvalue weighted by atomic mass is 16.1. The zero-order valence-electron chi connectivity index (χ0n) is 13.7. The number of hydrogen-bond donors (Lipinski definition) is 2. The number of carbonyl (C=O) groups is 1. The van der Waals surface area contributed by atoms with Gasteiger partial charge in [-0.3, -0.25) is 4.79 Å². The number of piperazine rings is 1. The number of nitrogens with two attached hydrogens (primary N) is 1. The molecule has 1 aromatic carbocycles. The van der Waals surface area contributed by atoms with E-state index in [1.54, 1.807) is 6.20 Å². The number of amides is 1. The van der Waals surface area contributed by atoms with Crippen LogP contribution in [0.3, 0.4) is 0 Å². The Balaban J connectivity index is 1.55. The molecule has 0 bridgehead atoms. The fourth-order valence-corrected chi connectivity index (χ4v) is 2.83. The quantitative estimate of drug-likeness (QED) is 0.875. The molecule has 0 saturated carbocycles. The number of hydrogen-bond acceptors (Lipinski definition) is 5. The Morgan fingerprint density at radius 2 is 1.75 bits per heavy atom. The van der Waals surface area contributed by atoms with Gasteiger partial charge in [0.2, 0.25) is 5.91 Å². The highest BCUT2D eigenvalue weighted by molar-refractivity contribution is 5.90. The molecule has 6 heteroatoms. The van der Waals surface area contributed by atoms with Crippen LogP contribution in [0.25, 0.3) is 0 Å². The van der Waals surface area contributed by atoms with Gasteiger partial charge in [-0.15, -0.1) is 0 Å². The Morgan fingerprint density at radius 3 is 2.38 bits per heavy atom. The van der Waals surface area contributed by atoms with Gasteiger partial charge in [-0.2, -0.15) is 0 Å². The Morgan fingerprint density at radius 1 is 1.04 bits per heavy atom. The number of nitrogens with zero attached hydrogens (tertiary/aromatic N) is 3. The molecule has 6 nitrogen and oxygen atoms in total. The molecule has 2 aromatic rings. The highest BCUT2D eigenvalue weighted by Crippen LogP contribution is 2.20. The lowest BCUT2D eigenvalue weighted by Crippen LogP contribution is -2.46. The SMILES string of the molecule is NCCC(=O)Nc1ccc(N2CCN(c3ccccc3)CC2)nc1. The van der Waals surface area contributed by atoms with Gasteiger partial charge >= 0.3 is 0 Å². The molecule has 0 unspecified atom stereocenters. The fourth-order valence-electron chi connectivity index (χ4n) is 2.83. The van der Waals surface area contributed by atoms with E-state index >= 15 is 0 Å². The maximum absolute atomic E-state index is 11.5. The second-order valence-electron chi connectivity index (χ2n) is 5.80. The number of anilines is 3. The second-order valence-corrected chi connectivity index (χ2v) is 5.80. The first-order valence-electron chi connectivity index (χ1n) is 8.27. The minimum absolute atomic E-state index is 0.0801. The summed E-state index contributed by atoms with van der Waals surface area (Å²) in [6.45, 7) is 4.16. The van der Waals surface area contributed by atoms with E-state index < -0.39 is 0 Å². The van der Waals surface area contributed by atoms with Gasteiger partial charge in [0.25, 0.3) is 0 Å². The van der Waals surface area contributed by atoms with Gasteiger partial charge in [-0.25, -0.2) is 4.98 Å². The molecule has 3 N–H and O–H groups in total. The van der Waals surface area contributed by atoms with Gasteiger partial charge < -0.3 is 20.9 Å². The van der Waals surface area contributed by atoms with Gasteiger partial charge in [0.15, 0.2) is 0 Å². The lowest BCUT2D eigenvalue weighted by atomic mass is 10.2. The first-order valence-corrected chi connectivity index (χ1v) is 8.27. The standard InChI is InChI=1S/C18H23N5O/c19-9-8-18(24)21-15-6-7-17(20-14-15)23-12-10-22(11-13-23)16-4-2-1-3-5-16/h1-7,14H,8-13,19H2,(H,21,24). The lowest BCUT2D eigenvalue weighted by molar-refractivity contribution is -0.116.